The summed E-state index contributed by atoms with van der Waals surface area (Å²) >= 11 is 8.41. The molecule has 0 fully saturated rings. The van der Waals surface area contributed by atoms with E-state index in [1.807, 2.05) is 31.2 Å². The fraction of sp³-hybridized carbons (Fsp3) is 0.460. The van der Waals surface area contributed by atoms with Crippen molar-refractivity contribution >= 4 is 95.3 Å². The summed E-state index contributed by atoms with van der Waals surface area (Å²) in [6.45, 7) is 4.89. The lowest BCUT2D eigenvalue weighted by Crippen LogP contribution is -2.61. The van der Waals surface area contributed by atoms with Crippen LogP contribution in [0.4, 0.5) is 0 Å². The zero-order valence-corrected chi connectivity index (χ0v) is 44.5. The van der Waals surface area contributed by atoms with Crippen molar-refractivity contribution in [2.24, 2.45) is 22.2 Å². The number of nitrogens with zero attached hydrogens (tertiary/aromatic N) is 2. The van der Waals surface area contributed by atoms with Gasteiger partial charge in [0.1, 0.15) is 48.3 Å². The van der Waals surface area contributed by atoms with Gasteiger partial charge in [-0.15, -0.1) is 0 Å². The lowest BCUT2D eigenvalue weighted by Gasteiger charge is -2.28. The summed E-state index contributed by atoms with van der Waals surface area (Å²) < 4.78 is 0. The van der Waals surface area contributed by atoms with Crippen LogP contribution in [-0.4, -0.2) is 140 Å². The predicted molar refractivity (Wildman–Crippen MR) is 292 cm³/mol. The lowest BCUT2D eigenvalue weighted by molar-refractivity contribution is -0.135. The van der Waals surface area contributed by atoms with Crippen LogP contribution >= 0.6 is 25.3 Å². The predicted octanol–water partition coefficient (Wildman–Crippen LogP) is -1.18. The van der Waals surface area contributed by atoms with Crippen molar-refractivity contribution in [1.82, 2.24) is 57.5 Å². The Kier molecular flexibility index (Phi) is 25.1. The van der Waals surface area contributed by atoms with Gasteiger partial charge in [0.05, 0.1) is 6.33 Å². The van der Waals surface area contributed by atoms with E-state index in [4.69, 9.17) is 17.2 Å². The van der Waals surface area contributed by atoms with E-state index in [9.17, 15) is 43.2 Å². The second-order valence-corrected chi connectivity index (χ2v) is 18.7. The number of H-pyrrole nitrogens is 2. The molecule has 0 saturated carbocycles. The Hall–Kier alpha value is -7.61. The van der Waals surface area contributed by atoms with Gasteiger partial charge in [-0.2, -0.15) is 25.3 Å². The molecule has 4 aromatic rings. The third-order valence-electron chi connectivity index (χ3n) is 12.1. The number of para-hydroxylation sites is 1. The van der Waals surface area contributed by atoms with Gasteiger partial charge < -0.3 is 69.7 Å². The number of unbranched alkanes of at least 4 members (excludes halogenated alkanes) is 1. The maximum atomic E-state index is 14.6. The number of carbonyl (C=O) groups is 9. The van der Waals surface area contributed by atoms with Crippen LogP contribution in [0.3, 0.4) is 0 Å². The number of aliphatic imine (C=N–C) groups is 1. The molecule has 8 atom stereocenters. The zero-order chi connectivity index (χ0) is 55.7. The molecule has 0 aliphatic heterocycles. The lowest BCUT2D eigenvalue weighted by atomic mass is 10.0. The summed E-state index contributed by atoms with van der Waals surface area (Å²) in [5, 5.41) is 22.1. The Balaban J connectivity index is 1.62. The summed E-state index contributed by atoms with van der Waals surface area (Å²) in [6, 6.07) is 6.06. The molecule has 24 nitrogen and oxygen atoms in total. The van der Waals surface area contributed by atoms with Gasteiger partial charge in [0.15, 0.2) is 5.96 Å². The molecule has 16 N–H and O–H groups in total. The molecule has 2 aromatic heterocycles. The SMILES string of the molecule is CCCC[C@H](NC(C)=O)C(=O)N[C@@H](CS)C(=O)N[C@H](CC)C(=O)N[C@@H](Cc1cnc[nH]1)C(=O)N[C@H](Cc1ccccc1)C(=O)N[C@@H](CCCN=C(N)N)C(=O)N[C@@H](Cc1c[nH]c2ccccc12)C(=O)N[C@@H](CS)C(N)=O. The topological polar surface area (TPSA) is 385 Å². The number of carbonyl (C=O) groups excluding carboxylic acids is 9. The average Bonchev–Trinajstić information content (AvgIpc) is 4.07. The molecule has 76 heavy (non-hydrogen) atoms. The second-order valence-electron chi connectivity index (χ2n) is 18.0. The molecular weight excluding hydrogens is 1020 g/mol. The van der Waals surface area contributed by atoms with Crippen LogP contribution in [0.15, 0.2) is 78.3 Å². The molecule has 0 aliphatic carbocycles. The molecule has 26 heteroatoms. The summed E-state index contributed by atoms with van der Waals surface area (Å²) in [4.78, 5) is 137. The molecule has 0 aliphatic rings. The number of rotatable bonds is 32. The third kappa shape index (κ3) is 19.6. The fourth-order valence-electron chi connectivity index (χ4n) is 7.97. The zero-order valence-electron chi connectivity index (χ0n) is 42.7. The fourth-order valence-corrected chi connectivity index (χ4v) is 8.50. The van der Waals surface area contributed by atoms with Crippen molar-refractivity contribution in [2.45, 2.75) is 127 Å². The monoisotopic (exact) mass is 1090 g/mol. The summed E-state index contributed by atoms with van der Waals surface area (Å²) in [5.74, 6) is -7.08. The molecule has 0 saturated heterocycles. The van der Waals surface area contributed by atoms with E-state index >= 15 is 0 Å². The number of primary amides is 1. The number of aromatic amines is 2. The average molecular weight is 1090 g/mol. The Morgan fingerprint density at radius 2 is 1.08 bits per heavy atom. The van der Waals surface area contributed by atoms with Gasteiger partial charge in [-0.1, -0.05) is 75.2 Å². The van der Waals surface area contributed by atoms with E-state index in [1.54, 1.807) is 43.5 Å². The van der Waals surface area contributed by atoms with Crippen LogP contribution in [0.1, 0.15) is 76.1 Å². The largest absolute Gasteiger partial charge is 0.370 e. The normalized spacial score (nSPS) is 14.2. The highest BCUT2D eigenvalue weighted by atomic mass is 32.1. The van der Waals surface area contributed by atoms with Crippen molar-refractivity contribution in [2.75, 3.05) is 18.1 Å². The summed E-state index contributed by atoms with van der Waals surface area (Å²) in [6.07, 6.45) is 6.08. The summed E-state index contributed by atoms with van der Waals surface area (Å²) in [5.41, 5.74) is 19.1. The van der Waals surface area contributed by atoms with E-state index in [2.05, 4.69) is 87.7 Å². The van der Waals surface area contributed by atoms with Crippen LogP contribution < -0.4 is 59.7 Å². The quantitative estimate of drug-likeness (QED) is 0.0119. The van der Waals surface area contributed by atoms with E-state index in [1.165, 1.54) is 19.4 Å². The van der Waals surface area contributed by atoms with E-state index in [0.29, 0.717) is 29.7 Å². The Bertz CT molecular complexity index is 2610. The van der Waals surface area contributed by atoms with Crippen LogP contribution in [0.5, 0.6) is 0 Å². The number of amides is 9. The van der Waals surface area contributed by atoms with E-state index < -0.39 is 101 Å². The molecule has 9 amide bonds. The van der Waals surface area contributed by atoms with Gasteiger partial charge in [0, 0.05) is 73.2 Å². The van der Waals surface area contributed by atoms with Crippen LogP contribution in [0.25, 0.3) is 10.9 Å². The highest BCUT2D eigenvalue weighted by molar-refractivity contribution is 7.80. The maximum Gasteiger partial charge on any atom is 0.244 e. The number of thiol groups is 2. The standard InChI is InChI=1S/C50H71N15O9S2/c1-4-6-16-35(58-28(3)66)44(69)65-41(26-76)49(74)59-33(5-2)43(68)63-39(22-31-24-54-27-57-31)48(73)61-37(20-29-13-8-7-9-14-29)46(71)60-36(18-12-19-55-50(52)53)45(70)62-38(47(72)64-40(25-75)42(51)67)21-30-23-56-34-17-11-10-15-32(30)34/h7-11,13-15,17,23-24,27,33,35-41,56,75-76H,4-6,12,16,18-22,25-26H2,1-3H3,(H2,51,67)(H,54,57)(H,58,66)(H,59,74)(H,60,71)(H,61,73)(H,62,70)(H,63,68)(H,64,72)(H,65,69)(H4,52,53,55)/t33-,35+,36+,37-,38+,39+,40+,41+/m1/s1. The smallest absolute Gasteiger partial charge is 0.244 e. The molecule has 0 spiro atoms. The Labute approximate surface area is 451 Å². The number of hydrogen-bond donors (Lipinski definition) is 15. The number of guanidine groups is 1. The molecule has 412 valence electrons. The first-order chi connectivity index (χ1) is 36.4. The second kappa shape index (κ2) is 31.3. The van der Waals surface area contributed by atoms with Crippen molar-refractivity contribution in [3.8, 4) is 0 Å². The number of benzene rings is 2. The molecule has 0 bridgehead atoms. The Morgan fingerprint density at radius 1 is 0.579 bits per heavy atom. The first-order valence-corrected chi connectivity index (χ1v) is 26.2. The Morgan fingerprint density at radius 3 is 1.64 bits per heavy atom. The molecule has 0 radical (unpaired) electrons. The van der Waals surface area contributed by atoms with Crippen molar-refractivity contribution in [3.05, 3.63) is 90.1 Å². The minimum absolute atomic E-state index is 0.0467. The van der Waals surface area contributed by atoms with E-state index in [-0.39, 0.29) is 62.5 Å². The van der Waals surface area contributed by atoms with Gasteiger partial charge >= 0.3 is 0 Å². The number of imidazole rings is 1. The molecular formula is C50H71N15O9S2. The van der Waals surface area contributed by atoms with Gasteiger partial charge in [-0.05, 0) is 42.9 Å². The number of aromatic nitrogens is 3. The first kappa shape index (κ1) is 60.9. The highest BCUT2D eigenvalue weighted by Gasteiger charge is 2.35. The van der Waals surface area contributed by atoms with Crippen LogP contribution in [-0.2, 0) is 62.4 Å². The number of hydrogen-bond acceptors (Lipinski definition) is 13. The molecule has 0 unspecified atom stereocenters. The molecule has 2 heterocycles. The van der Waals surface area contributed by atoms with Crippen molar-refractivity contribution in [1.29, 1.82) is 0 Å². The van der Waals surface area contributed by atoms with Gasteiger partial charge in [-0.25, -0.2) is 4.98 Å². The maximum absolute atomic E-state index is 14.6. The van der Waals surface area contributed by atoms with E-state index in [0.717, 1.165) is 17.3 Å². The minimum atomic E-state index is -1.39. The van der Waals surface area contributed by atoms with Crippen molar-refractivity contribution in [3.63, 3.8) is 0 Å². The minimum Gasteiger partial charge on any atom is -0.370 e. The van der Waals surface area contributed by atoms with Crippen LogP contribution in [0, 0.1) is 0 Å². The molecule has 4 rings (SSSR count). The van der Waals surface area contributed by atoms with Gasteiger partial charge in [0.2, 0.25) is 53.2 Å². The van der Waals surface area contributed by atoms with Crippen LogP contribution in [0.2, 0.25) is 0 Å². The number of fused-ring (bicyclic) bond motifs is 1. The first-order valence-electron chi connectivity index (χ1n) is 24.9. The highest BCUT2D eigenvalue weighted by Crippen LogP contribution is 2.20. The molecule has 2 aromatic carbocycles. The number of nitrogens with one attached hydrogen (secondary N) is 10. The summed E-state index contributed by atoms with van der Waals surface area (Å²) in [7, 11) is 0. The van der Waals surface area contributed by atoms with Gasteiger partial charge in [-0.3, -0.25) is 48.1 Å². The third-order valence-corrected chi connectivity index (χ3v) is 12.8. The van der Waals surface area contributed by atoms with Gasteiger partial charge in [0.25, 0.3) is 0 Å². The van der Waals surface area contributed by atoms with Crippen molar-refractivity contribution < 1.29 is 43.2 Å². The number of nitrogens with two attached hydrogens (primary N) is 3.